The molecule has 1 aliphatic heterocycles. The Hall–Kier alpha value is -1.26. The highest BCUT2D eigenvalue weighted by Gasteiger charge is 2.21. The molecule has 1 fully saturated rings. The molecular formula is C19H29ClN2O2. The fourth-order valence-corrected chi connectivity index (χ4v) is 3.13. The Kier molecular flexibility index (Phi) is 7.86. The summed E-state index contributed by atoms with van der Waals surface area (Å²) in [6.07, 6.45) is 3.53. The minimum Gasteiger partial charge on any atom is -0.494 e. The molecule has 24 heavy (non-hydrogen) atoms. The van der Waals surface area contributed by atoms with E-state index >= 15 is 0 Å². The van der Waals surface area contributed by atoms with Crippen LogP contribution >= 0.6 is 11.6 Å². The third-order valence-corrected chi connectivity index (χ3v) is 5.01. The second-order valence-corrected chi connectivity index (χ2v) is 6.90. The Morgan fingerprint density at radius 2 is 2.12 bits per heavy atom. The predicted octanol–water partition coefficient (Wildman–Crippen LogP) is 3.66. The van der Waals surface area contributed by atoms with Gasteiger partial charge in [-0.05, 0) is 69.0 Å². The van der Waals surface area contributed by atoms with Crippen molar-refractivity contribution in [1.82, 2.24) is 10.2 Å². The van der Waals surface area contributed by atoms with Crippen molar-refractivity contribution >= 4 is 17.5 Å². The van der Waals surface area contributed by atoms with Gasteiger partial charge in [0.2, 0.25) is 5.91 Å². The van der Waals surface area contributed by atoms with Crippen LogP contribution in [0.5, 0.6) is 5.75 Å². The number of amides is 1. The zero-order chi connectivity index (χ0) is 17.4. The summed E-state index contributed by atoms with van der Waals surface area (Å²) in [6.45, 7) is 8.53. The second kappa shape index (κ2) is 9.90. The largest absolute Gasteiger partial charge is 0.494 e. The molecule has 4 nitrogen and oxygen atoms in total. The topological polar surface area (TPSA) is 41.6 Å². The fourth-order valence-electron chi connectivity index (χ4n) is 3.01. The average molecular weight is 353 g/mol. The van der Waals surface area contributed by atoms with E-state index in [1.54, 1.807) is 0 Å². The van der Waals surface area contributed by atoms with Crippen molar-refractivity contribution in [2.75, 3.05) is 32.8 Å². The molecule has 2 rings (SSSR count). The molecule has 1 aromatic rings. The molecule has 1 aliphatic rings. The molecule has 1 saturated heterocycles. The lowest BCUT2D eigenvalue weighted by Crippen LogP contribution is -2.40. The quantitative estimate of drug-likeness (QED) is 0.726. The highest BCUT2D eigenvalue weighted by Crippen LogP contribution is 2.21. The molecule has 134 valence electrons. The van der Waals surface area contributed by atoms with Gasteiger partial charge in [0, 0.05) is 24.5 Å². The first-order chi connectivity index (χ1) is 11.6. The first-order valence-electron chi connectivity index (χ1n) is 8.97. The number of hydrogen-bond acceptors (Lipinski definition) is 3. The van der Waals surface area contributed by atoms with Gasteiger partial charge in [0.25, 0.3) is 0 Å². The van der Waals surface area contributed by atoms with Crippen molar-refractivity contribution in [3.05, 3.63) is 28.8 Å². The minimum atomic E-state index is 0.257. The third kappa shape index (κ3) is 5.99. The number of benzene rings is 1. The summed E-state index contributed by atoms with van der Waals surface area (Å²) in [5, 5.41) is 4.14. The molecule has 0 spiro atoms. The zero-order valence-electron chi connectivity index (χ0n) is 14.8. The molecule has 1 aromatic carbocycles. The fraction of sp³-hybridized carbons (Fsp3) is 0.632. The number of aryl methyl sites for hydroxylation is 1. The summed E-state index contributed by atoms with van der Waals surface area (Å²) < 4.78 is 5.70. The number of piperidine rings is 1. The Morgan fingerprint density at radius 1 is 1.38 bits per heavy atom. The lowest BCUT2D eigenvalue weighted by molar-refractivity contribution is -0.132. The van der Waals surface area contributed by atoms with Crippen LogP contribution in [0.15, 0.2) is 18.2 Å². The van der Waals surface area contributed by atoms with Gasteiger partial charge in [-0.15, -0.1) is 0 Å². The second-order valence-electron chi connectivity index (χ2n) is 6.49. The van der Waals surface area contributed by atoms with Crippen molar-refractivity contribution in [3.63, 3.8) is 0 Å². The molecule has 0 saturated carbocycles. The van der Waals surface area contributed by atoms with E-state index in [2.05, 4.69) is 12.2 Å². The molecule has 1 heterocycles. The maximum Gasteiger partial charge on any atom is 0.222 e. The van der Waals surface area contributed by atoms with Crippen molar-refractivity contribution < 1.29 is 9.53 Å². The first kappa shape index (κ1) is 19.1. The molecule has 5 heteroatoms. The standard InChI is InChI=1S/C19H29ClN2O2/c1-3-21-14-16-8-10-22(11-9-16)19(23)5-4-12-24-17-6-7-18(20)15(2)13-17/h6-7,13,16,21H,3-5,8-12,14H2,1-2H3. The summed E-state index contributed by atoms with van der Waals surface area (Å²) in [5.74, 6) is 1.78. The number of rotatable bonds is 8. The molecule has 1 amide bonds. The van der Waals surface area contributed by atoms with Crippen LogP contribution in [0.3, 0.4) is 0 Å². The minimum absolute atomic E-state index is 0.257. The number of ether oxygens (including phenoxy) is 1. The SMILES string of the molecule is CCNCC1CCN(C(=O)CCCOc2ccc(Cl)c(C)c2)CC1. The van der Waals surface area contributed by atoms with E-state index in [0.29, 0.717) is 18.9 Å². The van der Waals surface area contributed by atoms with Gasteiger partial charge in [0.15, 0.2) is 0 Å². The van der Waals surface area contributed by atoms with Crippen molar-refractivity contribution in [1.29, 1.82) is 0 Å². The lowest BCUT2D eigenvalue weighted by atomic mass is 9.96. The van der Waals surface area contributed by atoms with E-state index in [-0.39, 0.29) is 5.91 Å². The Bertz CT molecular complexity index is 528. The summed E-state index contributed by atoms with van der Waals surface area (Å²) in [5.41, 5.74) is 1.01. The Balaban J connectivity index is 1.62. The molecule has 0 radical (unpaired) electrons. The van der Waals surface area contributed by atoms with Gasteiger partial charge < -0.3 is 15.0 Å². The predicted molar refractivity (Wildman–Crippen MR) is 98.8 cm³/mol. The van der Waals surface area contributed by atoms with Crippen LogP contribution in [0.2, 0.25) is 5.02 Å². The molecule has 0 unspecified atom stereocenters. The number of halogens is 1. The molecule has 0 aromatic heterocycles. The van der Waals surface area contributed by atoms with Gasteiger partial charge in [0.1, 0.15) is 5.75 Å². The van der Waals surface area contributed by atoms with Crippen LogP contribution in [-0.2, 0) is 4.79 Å². The van der Waals surface area contributed by atoms with Gasteiger partial charge in [-0.25, -0.2) is 0 Å². The lowest BCUT2D eigenvalue weighted by Gasteiger charge is -2.32. The van der Waals surface area contributed by atoms with E-state index in [9.17, 15) is 4.79 Å². The van der Waals surface area contributed by atoms with Crippen LogP contribution in [0, 0.1) is 12.8 Å². The summed E-state index contributed by atoms with van der Waals surface area (Å²) in [7, 11) is 0. The number of nitrogens with zero attached hydrogens (tertiary/aromatic N) is 1. The maximum absolute atomic E-state index is 12.3. The van der Waals surface area contributed by atoms with Gasteiger partial charge in [-0.2, -0.15) is 0 Å². The molecule has 1 N–H and O–H groups in total. The summed E-state index contributed by atoms with van der Waals surface area (Å²) >= 11 is 6.00. The van der Waals surface area contributed by atoms with Crippen LogP contribution in [0.4, 0.5) is 0 Å². The normalized spacial score (nSPS) is 15.5. The number of carbonyl (C=O) groups excluding carboxylic acids is 1. The Labute approximate surface area is 150 Å². The van der Waals surface area contributed by atoms with Gasteiger partial charge in [-0.1, -0.05) is 18.5 Å². The highest BCUT2D eigenvalue weighted by molar-refractivity contribution is 6.31. The van der Waals surface area contributed by atoms with E-state index in [1.807, 2.05) is 30.0 Å². The van der Waals surface area contributed by atoms with Crippen LogP contribution in [0.1, 0.15) is 38.2 Å². The molecule has 0 aliphatic carbocycles. The zero-order valence-corrected chi connectivity index (χ0v) is 15.6. The monoisotopic (exact) mass is 352 g/mol. The number of nitrogens with one attached hydrogen (secondary N) is 1. The van der Waals surface area contributed by atoms with Crippen LogP contribution in [0.25, 0.3) is 0 Å². The summed E-state index contributed by atoms with van der Waals surface area (Å²) in [6, 6.07) is 5.64. The van der Waals surface area contributed by atoms with Gasteiger partial charge in [0.05, 0.1) is 6.61 Å². The van der Waals surface area contributed by atoms with Crippen LogP contribution < -0.4 is 10.1 Å². The molecule has 0 bridgehead atoms. The number of carbonyl (C=O) groups is 1. The number of likely N-dealkylation sites (tertiary alicyclic amines) is 1. The average Bonchev–Trinajstić information content (AvgIpc) is 2.60. The van der Waals surface area contributed by atoms with Crippen molar-refractivity contribution in [2.45, 2.75) is 39.5 Å². The number of hydrogen-bond donors (Lipinski definition) is 1. The van der Waals surface area contributed by atoms with Crippen LogP contribution in [-0.4, -0.2) is 43.6 Å². The van der Waals surface area contributed by atoms with Gasteiger partial charge in [-0.3, -0.25) is 4.79 Å². The van der Waals surface area contributed by atoms with E-state index in [0.717, 1.165) is 61.8 Å². The van der Waals surface area contributed by atoms with E-state index < -0.39 is 0 Å². The van der Waals surface area contributed by atoms with Crippen molar-refractivity contribution in [2.24, 2.45) is 5.92 Å². The first-order valence-corrected chi connectivity index (χ1v) is 9.35. The summed E-state index contributed by atoms with van der Waals surface area (Å²) in [4.78, 5) is 14.3. The van der Waals surface area contributed by atoms with E-state index in [1.165, 1.54) is 0 Å². The third-order valence-electron chi connectivity index (χ3n) is 4.58. The Morgan fingerprint density at radius 3 is 2.79 bits per heavy atom. The smallest absolute Gasteiger partial charge is 0.222 e. The van der Waals surface area contributed by atoms with Gasteiger partial charge >= 0.3 is 0 Å². The van der Waals surface area contributed by atoms with E-state index in [4.69, 9.17) is 16.3 Å². The highest BCUT2D eigenvalue weighted by atomic mass is 35.5. The molecular weight excluding hydrogens is 324 g/mol. The molecule has 0 atom stereocenters. The van der Waals surface area contributed by atoms with Crippen molar-refractivity contribution in [3.8, 4) is 5.75 Å². The maximum atomic E-state index is 12.3.